The van der Waals surface area contributed by atoms with Gasteiger partial charge in [0, 0.05) is 11.6 Å². The van der Waals surface area contributed by atoms with Crippen molar-refractivity contribution in [1.29, 1.82) is 0 Å². The van der Waals surface area contributed by atoms with Crippen LogP contribution in [-0.2, 0) is 13.0 Å². The standard InChI is InChI=1S/C17H20ClN/c1-3-4-13-5-7-14(8-6-13)15-9-10-17(18)16(11-15)12-19-2/h5-11,19H,3-4,12H2,1-2H3. The van der Waals surface area contributed by atoms with Crippen molar-refractivity contribution in [2.24, 2.45) is 0 Å². The highest BCUT2D eigenvalue weighted by Crippen LogP contribution is 2.25. The van der Waals surface area contributed by atoms with E-state index < -0.39 is 0 Å². The molecular formula is C17H20ClN. The van der Waals surface area contributed by atoms with E-state index in [1.165, 1.54) is 23.1 Å². The molecule has 0 heterocycles. The van der Waals surface area contributed by atoms with Crippen molar-refractivity contribution in [3.05, 3.63) is 58.6 Å². The van der Waals surface area contributed by atoms with E-state index in [2.05, 4.69) is 48.6 Å². The molecule has 0 saturated carbocycles. The number of benzene rings is 2. The number of hydrogen-bond acceptors (Lipinski definition) is 1. The summed E-state index contributed by atoms with van der Waals surface area (Å²) in [5.41, 5.74) is 5.00. The molecule has 1 N–H and O–H groups in total. The number of halogens is 1. The molecule has 0 aliphatic rings. The third-order valence-corrected chi connectivity index (χ3v) is 3.61. The second-order valence-corrected chi connectivity index (χ2v) is 5.19. The van der Waals surface area contributed by atoms with Crippen LogP contribution in [0, 0.1) is 0 Å². The molecule has 0 saturated heterocycles. The van der Waals surface area contributed by atoms with Gasteiger partial charge in [-0.15, -0.1) is 0 Å². The maximum Gasteiger partial charge on any atom is 0.0451 e. The molecule has 0 spiro atoms. The van der Waals surface area contributed by atoms with Crippen molar-refractivity contribution >= 4 is 11.6 Å². The van der Waals surface area contributed by atoms with Gasteiger partial charge in [-0.1, -0.05) is 55.3 Å². The summed E-state index contributed by atoms with van der Waals surface area (Å²) < 4.78 is 0. The minimum atomic E-state index is 0.792. The van der Waals surface area contributed by atoms with E-state index in [4.69, 9.17) is 11.6 Å². The average molecular weight is 274 g/mol. The third-order valence-electron chi connectivity index (χ3n) is 3.24. The summed E-state index contributed by atoms with van der Waals surface area (Å²) in [4.78, 5) is 0. The molecule has 100 valence electrons. The lowest BCUT2D eigenvalue weighted by Crippen LogP contribution is -2.05. The van der Waals surface area contributed by atoms with E-state index in [1.807, 2.05) is 13.1 Å². The predicted octanol–water partition coefficient (Wildman–Crippen LogP) is 4.68. The van der Waals surface area contributed by atoms with Crippen molar-refractivity contribution in [2.45, 2.75) is 26.3 Å². The third kappa shape index (κ3) is 3.59. The lowest BCUT2D eigenvalue weighted by molar-refractivity contribution is 0.818. The highest BCUT2D eigenvalue weighted by molar-refractivity contribution is 6.31. The molecule has 2 rings (SSSR count). The molecule has 0 amide bonds. The van der Waals surface area contributed by atoms with Gasteiger partial charge in [-0.25, -0.2) is 0 Å². The molecule has 19 heavy (non-hydrogen) atoms. The van der Waals surface area contributed by atoms with Crippen molar-refractivity contribution in [3.8, 4) is 11.1 Å². The maximum atomic E-state index is 6.19. The minimum absolute atomic E-state index is 0.792. The van der Waals surface area contributed by atoms with E-state index in [0.717, 1.165) is 23.6 Å². The second kappa shape index (κ2) is 6.74. The quantitative estimate of drug-likeness (QED) is 0.834. The van der Waals surface area contributed by atoms with Gasteiger partial charge in [0.15, 0.2) is 0 Å². The Morgan fingerprint density at radius 2 is 1.68 bits per heavy atom. The minimum Gasteiger partial charge on any atom is -0.316 e. The summed E-state index contributed by atoms with van der Waals surface area (Å²) >= 11 is 6.19. The summed E-state index contributed by atoms with van der Waals surface area (Å²) in [5, 5.41) is 3.97. The van der Waals surface area contributed by atoms with Gasteiger partial charge < -0.3 is 5.32 Å². The van der Waals surface area contributed by atoms with Gasteiger partial charge >= 0.3 is 0 Å². The molecule has 0 aliphatic heterocycles. The normalized spacial score (nSPS) is 10.7. The van der Waals surface area contributed by atoms with Gasteiger partial charge in [0.1, 0.15) is 0 Å². The van der Waals surface area contributed by atoms with E-state index in [0.29, 0.717) is 0 Å². The molecule has 2 heteroatoms. The van der Waals surface area contributed by atoms with Crippen LogP contribution in [0.2, 0.25) is 5.02 Å². The van der Waals surface area contributed by atoms with Gasteiger partial charge in [-0.05, 0) is 47.9 Å². The van der Waals surface area contributed by atoms with Crippen LogP contribution >= 0.6 is 11.6 Å². The molecule has 0 unspecified atom stereocenters. The van der Waals surface area contributed by atoms with Crippen LogP contribution in [0.5, 0.6) is 0 Å². The topological polar surface area (TPSA) is 12.0 Å². The number of nitrogens with one attached hydrogen (secondary N) is 1. The highest BCUT2D eigenvalue weighted by Gasteiger charge is 2.03. The molecule has 1 nitrogen and oxygen atoms in total. The Morgan fingerprint density at radius 3 is 2.32 bits per heavy atom. The molecule has 2 aromatic rings. The first-order valence-electron chi connectivity index (χ1n) is 6.77. The Morgan fingerprint density at radius 1 is 1.00 bits per heavy atom. The second-order valence-electron chi connectivity index (χ2n) is 4.78. The molecular weight excluding hydrogens is 254 g/mol. The van der Waals surface area contributed by atoms with E-state index >= 15 is 0 Å². The summed E-state index contributed by atoms with van der Waals surface area (Å²) in [5.74, 6) is 0. The Kier molecular flexibility index (Phi) is 5.00. The molecule has 0 bridgehead atoms. The Labute approximate surface area is 120 Å². The van der Waals surface area contributed by atoms with Gasteiger partial charge in [-0.2, -0.15) is 0 Å². The van der Waals surface area contributed by atoms with E-state index in [9.17, 15) is 0 Å². The lowest BCUT2D eigenvalue weighted by atomic mass is 10.0. The van der Waals surface area contributed by atoms with Crippen LogP contribution in [0.3, 0.4) is 0 Å². The summed E-state index contributed by atoms with van der Waals surface area (Å²) in [7, 11) is 1.93. The number of hydrogen-bond donors (Lipinski definition) is 1. The molecule has 0 fully saturated rings. The van der Waals surface area contributed by atoms with E-state index in [-0.39, 0.29) is 0 Å². The average Bonchev–Trinajstić information content (AvgIpc) is 2.43. The van der Waals surface area contributed by atoms with Gasteiger partial charge in [-0.3, -0.25) is 0 Å². The molecule has 0 aliphatic carbocycles. The highest BCUT2D eigenvalue weighted by atomic mass is 35.5. The first kappa shape index (κ1) is 14.1. The van der Waals surface area contributed by atoms with Crippen LogP contribution in [0.15, 0.2) is 42.5 Å². The largest absolute Gasteiger partial charge is 0.316 e. The fraction of sp³-hybridized carbons (Fsp3) is 0.294. The summed E-state index contributed by atoms with van der Waals surface area (Å²) in [6.45, 7) is 3.00. The molecule has 2 aromatic carbocycles. The SMILES string of the molecule is CCCc1ccc(-c2ccc(Cl)c(CNC)c2)cc1. The van der Waals surface area contributed by atoms with Gasteiger partial charge in [0.2, 0.25) is 0 Å². The van der Waals surface area contributed by atoms with Gasteiger partial charge in [0.25, 0.3) is 0 Å². The molecule has 0 aromatic heterocycles. The number of rotatable bonds is 5. The van der Waals surface area contributed by atoms with Crippen molar-refractivity contribution < 1.29 is 0 Å². The Bertz CT molecular complexity index is 531. The first-order chi connectivity index (χ1) is 9.24. The van der Waals surface area contributed by atoms with Crippen LogP contribution in [0.25, 0.3) is 11.1 Å². The monoisotopic (exact) mass is 273 g/mol. The van der Waals surface area contributed by atoms with Crippen LogP contribution in [-0.4, -0.2) is 7.05 Å². The van der Waals surface area contributed by atoms with Crippen LogP contribution in [0.1, 0.15) is 24.5 Å². The zero-order chi connectivity index (χ0) is 13.7. The van der Waals surface area contributed by atoms with Crippen LogP contribution in [0.4, 0.5) is 0 Å². The molecule has 0 radical (unpaired) electrons. The Hall–Kier alpha value is -1.31. The summed E-state index contributed by atoms with van der Waals surface area (Å²) in [6, 6.07) is 15.0. The maximum absolute atomic E-state index is 6.19. The Balaban J connectivity index is 2.28. The zero-order valence-corrected chi connectivity index (χ0v) is 12.3. The van der Waals surface area contributed by atoms with Crippen LogP contribution < -0.4 is 5.32 Å². The predicted molar refractivity (Wildman–Crippen MR) is 83.6 cm³/mol. The smallest absolute Gasteiger partial charge is 0.0451 e. The van der Waals surface area contributed by atoms with E-state index in [1.54, 1.807) is 0 Å². The fourth-order valence-electron chi connectivity index (χ4n) is 2.23. The lowest BCUT2D eigenvalue weighted by Gasteiger charge is -2.08. The fourth-order valence-corrected chi connectivity index (χ4v) is 2.42. The van der Waals surface area contributed by atoms with Gasteiger partial charge in [0.05, 0.1) is 0 Å². The van der Waals surface area contributed by atoms with Crippen molar-refractivity contribution in [2.75, 3.05) is 7.05 Å². The summed E-state index contributed by atoms with van der Waals surface area (Å²) in [6.07, 6.45) is 2.33. The van der Waals surface area contributed by atoms with Crippen molar-refractivity contribution in [1.82, 2.24) is 5.32 Å². The first-order valence-corrected chi connectivity index (χ1v) is 7.14. The molecule has 0 atom stereocenters. The zero-order valence-electron chi connectivity index (χ0n) is 11.5. The number of aryl methyl sites for hydroxylation is 1. The van der Waals surface area contributed by atoms with Crippen molar-refractivity contribution in [3.63, 3.8) is 0 Å².